The van der Waals surface area contributed by atoms with Crippen molar-refractivity contribution in [2.24, 2.45) is 0 Å². The predicted molar refractivity (Wildman–Crippen MR) is 70.2 cm³/mol. The SMILES string of the molecule is C=CCc1ccc(C(=O)OCC)cc1CC=C. The van der Waals surface area contributed by atoms with Crippen LogP contribution in [0.4, 0.5) is 0 Å². The van der Waals surface area contributed by atoms with Crippen molar-refractivity contribution in [3.8, 4) is 0 Å². The fourth-order valence-electron chi connectivity index (χ4n) is 1.67. The third-order valence-corrected chi connectivity index (χ3v) is 2.45. The number of carbonyl (C=O) groups excluding carboxylic acids is 1. The number of rotatable bonds is 6. The Morgan fingerprint density at radius 3 is 2.47 bits per heavy atom. The molecule has 0 heterocycles. The lowest BCUT2D eigenvalue weighted by Gasteiger charge is -2.08. The van der Waals surface area contributed by atoms with Crippen LogP contribution in [0.15, 0.2) is 43.5 Å². The number of allylic oxidation sites excluding steroid dienone is 2. The molecule has 1 rings (SSSR count). The normalized spacial score (nSPS) is 9.71. The maximum Gasteiger partial charge on any atom is 0.338 e. The molecule has 0 atom stereocenters. The molecule has 0 aliphatic rings. The molecular formula is C15H18O2. The second kappa shape index (κ2) is 6.69. The van der Waals surface area contributed by atoms with Gasteiger partial charge in [-0.25, -0.2) is 4.79 Å². The lowest BCUT2D eigenvalue weighted by atomic mass is 9.99. The zero-order valence-corrected chi connectivity index (χ0v) is 10.2. The van der Waals surface area contributed by atoms with Crippen LogP contribution in [-0.2, 0) is 17.6 Å². The van der Waals surface area contributed by atoms with Crippen LogP contribution in [0.5, 0.6) is 0 Å². The van der Waals surface area contributed by atoms with E-state index >= 15 is 0 Å². The summed E-state index contributed by atoms with van der Waals surface area (Å²) in [6.07, 6.45) is 5.23. The number of hydrogen-bond donors (Lipinski definition) is 0. The molecule has 1 aromatic rings. The standard InChI is InChI=1S/C15H18O2/c1-4-7-12-9-10-14(15(16)17-6-3)11-13(12)8-5-2/h4-5,9-11H,1-2,6-8H2,3H3. The summed E-state index contributed by atoms with van der Waals surface area (Å²) in [5.74, 6) is -0.275. The molecule has 0 aromatic heterocycles. The van der Waals surface area contributed by atoms with Crippen LogP contribution in [0.1, 0.15) is 28.4 Å². The van der Waals surface area contributed by atoms with Crippen LogP contribution in [0.25, 0.3) is 0 Å². The highest BCUT2D eigenvalue weighted by atomic mass is 16.5. The van der Waals surface area contributed by atoms with Gasteiger partial charge < -0.3 is 4.74 Å². The monoisotopic (exact) mass is 230 g/mol. The Bertz CT molecular complexity index is 419. The maximum absolute atomic E-state index is 11.6. The summed E-state index contributed by atoms with van der Waals surface area (Å²) >= 11 is 0. The van der Waals surface area contributed by atoms with Gasteiger partial charge in [-0.15, -0.1) is 13.2 Å². The molecule has 0 bridgehead atoms. The fourth-order valence-corrected chi connectivity index (χ4v) is 1.67. The quantitative estimate of drug-likeness (QED) is 0.553. The van der Waals surface area contributed by atoms with Crippen molar-refractivity contribution in [3.05, 3.63) is 60.2 Å². The molecule has 0 N–H and O–H groups in total. The average molecular weight is 230 g/mol. The molecule has 0 radical (unpaired) electrons. The lowest BCUT2D eigenvalue weighted by Crippen LogP contribution is -2.06. The molecule has 0 spiro atoms. The second-order valence-electron chi connectivity index (χ2n) is 3.69. The number of esters is 1. The molecule has 0 saturated carbocycles. The summed E-state index contributed by atoms with van der Waals surface area (Å²) in [7, 11) is 0. The van der Waals surface area contributed by atoms with E-state index in [1.807, 2.05) is 24.3 Å². The highest BCUT2D eigenvalue weighted by Crippen LogP contribution is 2.15. The van der Waals surface area contributed by atoms with Crippen molar-refractivity contribution in [1.82, 2.24) is 0 Å². The summed E-state index contributed by atoms with van der Waals surface area (Å²) in [5.41, 5.74) is 2.87. The second-order valence-corrected chi connectivity index (χ2v) is 3.69. The Kier molecular flexibility index (Phi) is 5.21. The molecule has 0 aliphatic carbocycles. The molecule has 0 unspecified atom stereocenters. The van der Waals surface area contributed by atoms with Crippen molar-refractivity contribution >= 4 is 5.97 Å². The minimum atomic E-state index is -0.275. The lowest BCUT2D eigenvalue weighted by molar-refractivity contribution is 0.0526. The van der Waals surface area contributed by atoms with Crippen molar-refractivity contribution < 1.29 is 9.53 Å². The Labute approximate surface area is 103 Å². The number of carbonyl (C=O) groups is 1. The van der Waals surface area contributed by atoms with E-state index in [9.17, 15) is 4.79 Å². The Hall–Kier alpha value is -1.83. The van der Waals surface area contributed by atoms with Crippen LogP contribution in [0, 0.1) is 0 Å². The van der Waals surface area contributed by atoms with E-state index in [2.05, 4.69) is 13.2 Å². The smallest absolute Gasteiger partial charge is 0.338 e. The molecule has 2 nitrogen and oxygen atoms in total. The van der Waals surface area contributed by atoms with E-state index in [-0.39, 0.29) is 5.97 Å². The first kappa shape index (κ1) is 13.2. The van der Waals surface area contributed by atoms with Crippen molar-refractivity contribution in [3.63, 3.8) is 0 Å². The van der Waals surface area contributed by atoms with Gasteiger partial charge in [0.1, 0.15) is 0 Å². The summed E-state index contributed by atoms with van der Waals surface area (Å²) in [4.78, 5) is 11.6. The predicted octanol–water partition coefficient (Wildman–Crippen LogP) is 3.32. The van der Waals surface area contributed by atoms with Gasteiger partial charge in [0.15, 0.2) is 0 Å². The average Bonchev–Trinajstić information content (AvgIpc) is 2.32. The maximum atomic E-state index is 11.6. The van der Waals surface area contributed by atoms with Crippen LogP contribution in [0.2, 0.25) is 0 Å². The minimum Gasteiger partial charge on any atom is -0.462 e. The van der Waals surface area contributed by atoms with Crippen LogP contribution in [0.3, 0.4) is 0 Å². The highest BCUT2D eigenvalue weighted by molar-refractivity contribution is 5.89. The van der Waals surface area contributed by atoms with Gasteiger partial charge in [-0.1, -0.05) is 18.2 Å². The van der Waals surface area contributed by atoms with Gasteiger partial charge in [0.25, 0.3) is 0 Å². The molecule has 0 amide bonds. The number of benzene rings is 1. The molecule has 0 aliphatic heterocycles. The third kappa shape index (κ3) is 3.59. The molecule has 0 fully saturated rings. The van der Waals surface area contributed by atoms with Gasteiger partial charge in [-0.2, -0.15) is 0 Å². The Balaban J connectivity index is 3.03. The van der Waals surface area contributed by atoms with Gasteiger partial charge in [0.05, 0.1) is 12.2 Å². The largest absolute Gasteiger partial charge is 0.462 e. The first-order chi connectivity index (χ1) is 8.22. The molecule has 2 heteroatoms. The first-order valence-corrected chi connectivity index (χ1v) is 5.73. The highest BCUT2D eigenvalue weighted by Gasteiger charge is 2.09. The number of hydrogen-bond acceptors (Lipinski definition) is 2. The van der Waals surface area contributed by atoms with E-state index in [1.54, 1.807) is 13.0 Å². The van der Waals surface area contributed by atoms with Crippen LogP contribution in [-0.4, -0.2) is 12.6 Å². The summed E-state index contributed by atoms with van der Waals surface area (Å²) in [5, 5.41) is 0. The van der Waals surface area contributed by atoms with E-state index in [0.717, 1.165) is 18.4 Å². The minimum absolute atomic E-state index is 0.275. The van der Waals surface area contributed by atoms with E-state index in [1.165, 1.54) is 5.56 Å². The van der Waals surface area contributed by atoms with Gasteiger partial charge in [-0.3, -0.25) is 0 Å². The summed E-state index contributed by atoms with van der Waals surface area (Å²) in [6.45, 7) is 9.65. The van der Waals surface area contributed by atoms with Crippen LogP contribution < -0.4 is 0 Å². The zero-order valence-electron chi connectivity index (χ0n) is 10.2. The summed E-state index contributed by atoms with van der Waals surface area (Å²) < 4.78 is 4.98. The van der Waals surface area contributed by atoms with Crippen LogP contribution >= 0.6 is 0 Å². The van der Waals surface area contributed by atoms with Gasteiger partial charge >= 0.3 is 5.97 Å². The fraction of sp³-hybridized carbons (Fsp3) is 0.267. The van der Waals surface area contributed by atoms with Crippen molar-refractivity contribution in [1.29, 1.82) is 0 Å². The van der Waals surface area contributed by atoms with Gasteiger partial charge in [-0.05, 0) is 43.0 Å². The number of ether oxygens (including phenoxy) is 1. The van der Waals surface area contributed by atoms with Gasteiger partial charge in [0, 0.05) is 0 Å². The molecule has 17 heavy (non-hydrogen) atoms. The molecular weight excluding hydrogens is 212 g/mol. The Morgan fingerprint density at radius 2 is 1.88 bits per heavy atom. The zero-order chi connectivity index (χ0) is 12.7. The summed E-state index contributed by atoms with van der Waals surface area (Å²) in [6, 6.07) is 5.62. The molecule has 0 saturated heterocycles. The van der Waals surface area contributed by atoms with E-state index in [4.69, 9.17) is 4.74 Å². The first-order valence-electron chi connectivity index (χ1n) is 5.73. The third-order valence-electron chi connectivity index (χ3n) is 2.45. The van der Waals surface area contributed by atoms with Gasteiger partial charge in [0.2, 0.25) is 0 Å². The van der Waals surface area contributed by atoms with E-state index < -0.39 is 0 Å². The topological polar surface area (TPSA) is 26.3 Å². The van der Waals surface area contributed by atoms with Crippen molar-refractivity contribution in [2.45, 2.75) is 19.8 Å². The van der Waals surface area contributed by atoms with E-state index in [0.29, 0.717) is 12.2 Å². The molecule has 1 aromatic carbocycles. The molecule has 90 valence electrons. The Morgan fingerprint density at radius 1 is 1.24 bits per heavy atom. The van der Waals surface area contributed by atoms with Crippen molar-refractivity contribution in [2.75, 3.05) is 6.61 Å².